The fourth-order valence-electron chi connectivity index (χ4n) is 1.67. The van der Waals surface area contributed by atoms with Gasteiger partial charge in [-0.3, -0.25) is 0 Å². The first-order chi connectivity index (χ1) is 7.15. The van der Waals surface area contributed by atoms with Gasteiger partial charge in [-0.2, -0.15) is 9.78 Å². The van der Waals surface area contributed by atoms with Gasteiger partial charge in [0.2, 0.25) is 0 Å². The number of hydrogen-bond acceptors (Lipinski definition) is 3. The largest absolute Gasteiger partial charge is 0.463 e. The Morgan fingerprint density at radius 1 is 1.60 bits per heavy atom. The third-order valence-electron chi connectivity index (χ3n) is 2.33. The summed E-state index contributed by atoms with van der Waals surface area (Å²) in [6.45, 7) is 1.92. The third-order valence-corrected chi connectivity index (χ3v) is 2.33. The van der Waals surface area contributed by atoms with Gasteiger partial charge in [0.15, 0.2) is 0 Å². The molecular weight excluding hydrogens is 194 g/mol. The molecule has 15 heavy (non-hydrogen) atoms. The number of rotatable bonds is 1. The lowest BCUT2D eigenvalue weighted by molar-refractivity contribution is 0.194. The first-order valence-electron chi connectivity index (χ1n) is 4.64. The average Bonchev–Trinajstić information content (AvgIpc) is 2.58. The van der Waals surface area contributed by atoms with Crippen molar-refractivity contribution in [3.63, 3.8) is 0 Å². The van der Waals surface area contributed by atoms with Gasteiger partial charge in [-0.05, 0) is 18.6 Å². The van der Waals surface area contributed by atoms with Crippen LogP contribution in [0, 0.1) is 0 Å². The van der Waals surface area contributed by atoms with Gasteiger partial charge in [0.25, 0.3) is 0 Å². The highest BCUT2D eigenvalue weighted by Crippen LogP contribution is 2.24. The predicted molar refractivity (Wildman–Crippen MR) is 56.9 cm³/mol. The second-order valence-electron chi connectivity index (χ2n) is 3.24. The molecular formula is C10H11N3O2. The summed E-state index contributed by atoms with van der Waals surface area (Å²) >= 11 is 0. The van der Waals surface area contributed by atoms with Gasteiger partial charge in [0.05, 0.1) is 11.2 Å². The van der Waals surface area contributed by atoms with E-state index in [2.05, 4.69) is 5.10 Å². The van der Waals surface area contributed by atoms with Crippen LogP contribution in [0.3, 0.4) is 0 Å². The topological polar surface area (TPSA) is 81.1 Å². The van der Waals surface area contributed by atoms with E-state index in [9.17, 15) is 4.79 Å². The Hall–Kier alpha value is -2.04. The van der Waals surface area contributed by atoms with Crippen LogP contribution in [0.25, 0.3) is 10.9 Å². The van der Waals surface area contributed by atoms with Crippen molar-refractivity contribution in [2.45, 2.75) is 13.3 Å². The monoisotopic (exact) mass is 205 g/mol. The molecule has 2 aromatic rings. The molecule has 0 saturated carbocycles. The van der Waals surface area contributed by atoms with Crippen molar-refractivity contribution in [1.82, 2.24) is 9.78 Å². The molecule has 0 aliphatic rings. The van der Waals surface area contributed by atoms with Crippen LogP contribution in [0.2, 0.25) is 0 Å². The van der Waals surface area contributed by atoms with E-state index in [0.717, 1.165) is 10.1 Å². The lowest BCUT2D eigenvalue weighted by Crippen LogP contribution is -2.09. The Labute approximate surface area is 86.1 Å². The molecule has 0 saturated heterocycles. The van der Waals surface area contributed by atoms with Crippen molar-refractivity contribution in [1.29, 1.82) is 0 Å². The highest BCUT2D eigenvalue weighted by molar-refractivity contribution is 5.96. The second-order valence-corrected chi connectivity index (χ2v) is 3.24. The van der Waals surface area contributed by atoms with Crippen molar-refractivity contribution < 1.29 is 9.90 Å². The SMILES string of the molecule is CCc1nn(C(=O)O)c2cccc(N)c12. The van der Waals surface area contributed by atoms with E-state index in [4.69, 9.17) is 10.8 Å². The van der Waals surface area contributed by atoms with E-state index in [1.54, 1.807) is 18.2 Å². The number of nitrogens with zero attached hydrogens (tertiary/aromatic N) is 2. The molecule has 0 bridgehead atoms. The van der Waals surface area contributed by atoms with Gasteiger partial charge >= 0.3 is 6.09 Å². The summed E-state index contributed by atoms with van der Waals surface area (Å²) in [6, 6.07) is 5.17. The number of fused-ring (bicyclic) bond motifs is 1. The maximum absolute atomic E-state index is 10.9. The minimum Gasteiger partial charge on any atom is -0.463 e. The number of nitrogen functional groups attached to an aromatic ring is 1. The van der Waals surface area contributed by atoms with Gasteiger partial charge in [-0.15, -0.1) is 0 Å². The molecule has 0 amide bonds. The Bertz CT molecular complexity index is 531. The summed E-state index contributed by atoms with van der Waals surface area (Å²) < 4.78 is 0.963. The molecule has 78 valence electrons. The minimum absolute atomic E-state index is 0.541. The molecule has 5 nitrogen and oxygen atoms in total. The summed E-state index contributed by atoms with van der Waals surface area (Å²) in [4.78, 5) is 10.9. The maximum Gasteiger partial charge on any atom is 0.432 e. The maximum atomic E-state index is 10.9. The van der Waals surface area contributed by atoms with Crippen LogP contribution in [0.5, 0.6) is 0 Å². The van der Waals surface area contributed by atoms with Crippen LogP contribution < -0.4 is 5.73 Å². The van der Waals surface area contributed by atoms with E-state index < -0.39 is 6.09 Å². The fraction of sp³-hybridized carbons (Fsp3) is 0.200. The number of carbonyl (C=O) groups is 1. The van der Waals surface area contributed by atoms with Gasteiger partial charge in [0, 0.05) is 11.1 Å². The highest BCUT2D eigenvalue weighted by atomic mass is 16.4. The zero-order valence-electron chi connectivity index (χ0n) is 8.27. The fourth-order valence-corrected chi connectivity index (χ4v) is 1.67. The van der Waals surface area contributed by atoms with Gasteiger partial charge in [-0.25, -0.2) is 4.79 Å². The molecule has 0 fully saturated rings. The van der Waals surface area contributed by atoms with Gasteiger partial charge in [0.1, 0.15) is 0 Å². The Balaban J connectivity index is 2.87. The van der Waals surface area contributed by atoms with Crippen LogP contribution in [0.4, 0.5) is 10.5 Å². The number of anilines is 1. The third kappa shape index (κ3) is 1.32. The Kier molecular flexibility index (Phi) is 2.07. The summed E-state index contributed by atoms with van der Waals surface area (Å²) in [7, 11) is 0. The van der Waals surface area contributed by atoms with Crippen LogP contribution in [0.1, 0.15) is 12.6 Å². The molecule has 0 unspecified atom stereocenters. The molecule has 1 aromatic heterocycles. The van der Waals surface area contributed by atoms with E-state index >= 15 is 0 Å². The Morgan fingerprint density at radius 2 is 2.33 bits per heavy atom. The molecule has 0 radical (unpaired) electrons. The number of nitrogens with two attached hydrogens (primary N) is 1. The van der Waals surface area contributed by atoms with Crippen LogP contribution >= 0.6 is 0 Å². The highest BCUT2D eigenvalue weighted by Gasteiger charge is 2.14. The second kappa shape index (κ2) is 3.27. The van der Waals surface area contributed by atoms with Gasteiger partial charge in [-0.1, -0.05) is 13.0 Å². The summed E-state index contributed by atoms with van der Waals surface area (Å²) in [5, 5.41) is 13.7. The molecule has 5 heteroatoms. The standard InChI is InChI=1S/C10H11N3O2/c1-2-7-9-6(11)4-3-5-8(9)13(12-7)10(14)15/h3-5H,2,11H2,1H3,(H,14,15). The Morgan fingerprint density at radius 3 is 2.93 bits per heavy atom. The molecule has 1 heterocycles. The number of hydrogen-bond donors (Lipinski definition) is 2. The first-order valence-corrected chi connectivity index (χ1v) is 4.64. The zero-order valence-corrected chi connectivity index (χ0v) is 8.27. The van der Waals surface area contributed by atoms with E-state index in [1.165, 1.54) is 0 Å². The molecule has 3 N–H and O–H groups in total. The normalized spacial score (nSPS) is 10.7. The lowest BCUT2D eigenvalue weighted by atomic mass is 10.1. The first kappa shape index (κ1) is 9.51. The van der Waals surface area contributed by atoms with Crippen molar-refractivity contribution in [2.24, 2.45) is 0 Å². The van der Waals surface area contributed by atoms with Crippen molar-refractivity contribution in [3.8, 4) is 0 Å². The van der Waals surface area contributed by atoms with E-state index in [0.29, 0.717) is 23.3 Å². The summed E-state index contributed by atoms with van der Waals surface area (Å²) in [6.07, 6.45) is -0.435. The van der Waals surface area contributed by atoms with Crippen molar-refractivity contribution >= 4 is 22.7 Å². The molecule has 0 spiro atoms. The predicted octanol–water partition coefficient (Wildman–Crippen LogP) is 1.71. The minimum atomic E-state index is -1.09. The molecule has 2 rings (SSSR count). The van der Waals surface area contributed by atoms with Crippen LogP contribution in [0.15, 0.2) is 18.2 Å². The zero-order chi connectivity index (χ0) is 11.0. The molecule has 0 aliphatic heterocycles. The van der Waals surface area contributed by atoms with Crippen LogP contribution in [-0.2, 0) is 6.42 Å². The number of carboxylic acid groups (broad SMARTS) is 1. The smallest absolute Gasteiger partial charge is 0.432 e. The number of aryl methyl sites for hydroxylation is 1. The quantitative estimate of drug-likeness (QED) is 0.694. The number of aromatic nitrogens is 2. The van der Waals surface area contributed by atoms with Crippen molar-refractivity contribution in [3.05, 3.63) is 23.9 Å². The summed E-state index contributed by atoms with van der Waals surface area (Å²) in [5.41, 5.74) is 7.62. The molecule has 0 atom stereocenters. The molecule has 1 aromatic carbocycles. The van der Waals surface area contributed by atoms with Gasteiger partial charge < -0.3 is 10.8 Å². The van der Waals surface area contributed by atoms with Crippen LogP contribution in [-0.4, -0.2) is 21.0 Å². The molecule has 0 aliphatic carbocycles. The average molecular weight is 205 g/mol. The number of benzene rings is 1. The van der Waals surface area contributed by atoms with Crippen molar-refractivity contribution in [2.75, 3.05) is 5.73 Å². The van der Waals surface area contributed by atoms with E-state index in [-0.39, 0.29) is 0 Å². The lowest BCUT2D eigenvalue weighted by Gasteiger charge is -1.97. The van der Waals surface area contributed by atoms with E-state index in [1.807, 2.05) is 6.92 Å². The summed E-state index contributed by atoms with van der Waals surface area (Å²) in [5.74, 6) is 0.